The SMILES string of the molecule is CC(C)Oc1noc2c1/C(=N/N)CCC2. The van der Waals surface area contributed by atoms with Crippen LogP contribution in [-0.2, 0) is 6.42 Å². The quantitative estimate of drug-likeness (QED) is 0.591. The summed E-state index contributed by atoms with van der Waals surface area (Å²) < 4.78 is 10.8. The average molecular weight is 209 g/mol. The molecule has 0 atom stereocenters. The van der Waals surface area contributed by atoms with Gasteiger partial charge in [0.2, 0.25) is 0 Å². The Morgan fingerprint density at radius 1 is 1.47 bits per heavy atom. The molecule has 0 aliphatic heterocycles. The second kappa shape index (κ2) is 3.92. The van der Waals surface area contributed by atoms with E-state index in [1.54, 1.807) is 0 Å². The first-order valence-electron chi connectivity index (χ1n) is 5.14. The molecule has 2 rings (SSSR count). The highest BCUT2D eigenvalue weighted by Crippen LogP contribution is 2.29. The van der Waals surface area contributed by atoms with Crippen LogP contribution in [0.3, 0.4) is 0 Å². The number of hydrazone groups is 1. The molecule has 82 valence electrons. The third kappa shape index (κ3) is 1.82. The second-order valence-electron chi connectivity index (χ2n) is 3.88. The fourth-order valence-corrected chi connectivity index (χ4v) is 1.74. The Hall–Kier alpha value is -1.52. The minimum atomic E-state index is 0.0696. The van der Waals surface area contributed by atoms with Crippen molar-refractivity contribution in [2.24, 2.45) is 10.9 Å². The van der Waals surface area contributed by atoms with Crippen molar-refractivity contribution < 1.29 is 9.26 Å². The van der Waals surface area contributed by atoms with Crippen molar-refractivity contribution in [3.8, 4) is 5.88 Å². The molecule has 1 aliphatic rings. The van der Waals surface area contributed by atoms with Crippen molar-refractivity contribution in [1.29, 1.82) is 0 Å². The van der Waals surface area contributed by atoms with Gasteiger partial charge >= 0.3 is 0 Å². The van der Waals surface area contributed by atoms with Crippen molar-refractivity contribution in [2.45, 2.75) is 39.2 Å². The van der Waals surface area contributed by atoms with E-state index in [4.69, 9.17) is 15.1 Å². The molecular formula is C10H15N3O2. The molecule has 0 fully saturated rings. The lowest BCUT2D eigenvalue weighted by atomic mass is 9.96. The molecule has 1 aromatic rings. The number of aryl methyl sites for hydroxylation is 1. The monoisotopic (exact) mass is 209 g/mol. The van der Waals surface area contributed by atoms with E-state index in [9.17, 15) is 0 Å². The summed E-state index contributed by atoms with van der Waals surface area (Å²) in [5.74, 6) is 6.69. The maximum absolute atomic E-state index is 5.54. The summed E-state index contributed by atoms with van der Waals surface area (Å²) in [6.07, 6.45) is 2.81. The molecule has 0 saturated carbocycles. The van der Waals surface area contributed by atoms with Crippen LogP contribution >= 0.6 is 0 Å². The van der Waals surface area contributed by atoms with Crippen LogP contribution in [0.1, 0.15) is 38.0 Å². The summed E-state index contributed by atoms with van der Waals surface area (Å²) in [4.78, 5) is 0. The van der Waals surface area contributed by atoms with Gasteiger partial charge in [0.05, 0.1) is 11.8 Å². The van der Waals surface area contributed by atoms with Crippen molar-refractivity contribution in [3.05, 3.63) is 11.3 Å². The molecule has 0 bridgehead atoms. The standard InChI is InChI=1S/C10H15N3O2/c1-6(2)14-10-9-7(12-11)4-3-5-8(9)15-13-10/h6H,3-5,11H2,1-2H3/b12-7+. The predicted octanol–water partition coefficient (Wildman–Crippen LogP) is 1.46. The minimum Gasteiger partial charge on any atom is -0.472 e. The van der Waals surface area contributed by atoms with Gasteiger partial charge in [-0.15, -0.1) is 0 Å². The number of fused-ring (bicyclic) bond motifs is 1. The lowest BCUT2D eigenvalue weighted by molar-refractivity contribution is 0.216. The Balaban J connectivity index is 2.38. The number of ether oxygens (including phenoxy) is 1. The van der Waals surface area contributed by atoms with Gasteiger partial charge in [0.1, 0.15) is 11.3 Å². The van der Waals surface area contributed by atoms with Gasteiger partial charge in [0.15, 0.2) is 0 Å². The Bertz CT molecular complexity index is 382. The number of rotatable bonds is 2. The van der Waals surface area contributed by atoms with Crippen LogP contribution in [0, 0.1) is 0 Å². The summed E-state index contributed by atoms with van der Waals surface area (Å²) in [7, 11) is 0. The van der Waals surface area contributed by atoms with Gasteiger partial charge in [-0.1, -0.05) is 0 Å². The fraction of sp³-hybridized carbons (Fsp3) is 0.600. The molecule has 5 heteroatoms. The van der Waals surface area contributed by atoms with Crippen molar-refractivity contribution >= 4 is 5.71 Å². The zero-order chi connectivity index (χ0) is 10.8. The molecule has 2 N–H and O–H groups in total. The Morgan fingerprint density at radius 3 is 2.93 bits per heavy atom. The minimum absolute atomic E-state index is 0.0696. The Kier molecular flexibility index (Phi) is 2.62. The average Bonchev–Trinajstić information content (AvgIpc) is 2.61. The van der Waals surface area contributed by atoms with Gasteiger partial charge in [-0.05, 0) is 31.8 Å². The summed E-state index contributed by atoms with van der Waals surface area (Å²) >= 11 is 0. The topological polar surface area (TPSA) is 73.6 Å². The van der Waals surface area contributed by atoms with Crippen LogP contribution in [0.25, 0.3) is 0 Å². The van der Waals surface area contributed by atoms with E-state index in [1.807, 2.05) is 13.8 Å². The van der Waals surface area contributed by atoms with Gasteiger partial charge in [0, 0.05) is 6.42 Å². The van der Waals surface area contributed by atoms with Crippen LogP contribution in [0.4, 0.5) is 0 Å². The van der Waals surface area contributed by atoms with E-state index in [0.29, 0.717) is 5.88 Å². The highest BCUT2D eigenvalue weighted by Gasteiger charge is 2.26. The Morgan fingerprint density at radius 2 is 2.27 bits per heavy atom. The summed E-state index contributed by atoms with van der Waals surface area (Å²) in [5, 5.41) is 7.67. The maximum Gasteiger partial charge on any atom is 0.263 e. The van der Waals surface area contributed by atoms with E-state index < -0.39 is 0 Å². The predicted molar refractivity (Wildman–Crippen MR) is 55.9 cm³/mol. The van der Waals surface area contributed by atoms with Crippen molar-refractivity contribution in [1.82, 2.24) is 5.16 Å². The van der Waals surface area contributed by atoms with Gasteiger partial charge in [-0.2, -0.15) is 5.10 Å². The number of hydrogen-bond acceptors (Lipinski definition) is 5. The number of nitrogens with two attached hydrogens (primary N) is 1. The highest BCUT2D eigenvalue weighted by molar-refractivity contribution is 6.03. The second-order valence-corrected chi connectivity index (χ2v) is 3.88. The maximum atomic E-state index is 5.54. The van der Waals surface area contributed by atoms with E-state index >= 15 is 0 Å². The van der Waals surface area contributed by atoms with Gasteiger partial charge in [-0.25, -0.2) is 0 Å². The Labute approximate surface area is 88.3 Å². The summed E-state index contributed by atoms with van der Waals surface area (Å²) in [6, 6.07) is 0. The van der Waals surface area contributed by atoms with Gasteiger partial charge < -0.3 is 15.1 Å². The highest BCUT2D eigenvalue weighted by atomic mass is 16.5. The molecule has 0 aromatic carbocycles. The first-order chi connectivity index (χ1) is 7.22. The summed E-state index contributed by atoms with van der Waals surface area (Å²) in [5.41, 5.74) is 1.69. The normalized spacial score (nSPS) is 18.2. The lowest BCUT2D eigenvalue weighted by Gasteiger charge is -2.13. The number of nitrogens with zero attached hydrogens (tertiary/aromatic N) is 2. The van der Waals surface area contributed by atoms with Gasteiger partial charge in [-0.3, -0.25) is 0 Å². The molecule has 0 saturated heterocycles. The number of aromatic nitrogens is 1. The first kappa shape index (κ1) is 10.0. The molecule has 1 aliphatic carbocycles. The van der Waals surface area contributed by atoms with Gasteiger partial charge in [0.25, 0.3) is 5.88 Å². The van der Waals surface area contributed by atoms with Crippen LogP contribution in [0.15, 0.2) is 9.62 Å². The van der Waals surface area contributed by atoms with Crippen LogP contribution < -0.4 is 10.6 Å². The molecule has 0 unspecified atom stereocenters. The smallest absolute Gasteiger partial charge is 0.263 e. The molecule has 0 spiro atoms. The van der Waals surface area contributed by atoms with Crippen LogP contribution in [0.5, 0.6) is 5.88 Å². The molecule has 1 aromatic heterocycles. The zero-order valence-electron chi connectivity index (χ0n) is 8.99. The number of hydrogen-bond donors (Lipinski definition) is 1. The zero-order valence-corrected chi connectivity index (χ0v) is 8.99. The fourth-order valence-electron chi connectivity index (χ4n) is 1.74. The largest absolute Gasteiger partial charge is 0.472 e. The third-order valence-electron chi connectivity index (χ3n) is 2.34. The van der Waals surface area contributed by atoms with E-state index in [-0.39, 0.29) is 6.10 Å². The van der Waals surface area contributed by atoms with Crippen molar-refractivity contribution in [2.75, 3.05) is 0 Å². The lowest BCUT2D eigenvalue weighted by Crippen LogP contribution is -2.15. The molecule has 5 nitrogen and oxygen atoms in total. The molecule has 0 amide bonds. The third-order valence-corrected chi connectivity index (χ3v) is 2.34. The van der Waals surface area contributed by atoms with Crippen LogP contribution in [0.2, 0.25) is 0 Å². The molecule has 15 heavy (non-hydrogen) atoms. The molecule has 1 heterocycles. The molecular weight excluding hydrogens is 194 g/mol. The van der Waals surface area contributed by atoms with Crippen molar-refractivity contribution in [3.63, 3.8) is 0 Å². The van der Waals surface area contributed by atoms with E-state index in [0.717, 1.165) is 36.3 Å². The first-order valence-corrected chi connectivity index (χ1v) is 5.14. The van der Waals surface area contributed by atoms with Crippen LogP contribution in [-0.4, -0.2) is 17.0 Å². The summed E-state index contributed by atoms with van der Waals surface area (Å²) in [6.45, 7) is 3.90. The molecule has 0 radical (unpaired) electrons. The van der Waals surface area contributed by atoms with E-state index in [1.165, 1.54) is 0 Å². The van der Waals surface area contributed by atoms with E-state index in [2.05, 4.69) is 10.3 Å².